The third-order valence-corrected chi connectivity index (χ3v) is 5.08. The maximum Gasteiger partial charge on any atom is 0.221 e. The number of nitrogen functional groups attached to an aromatic ring is 1. The number of thiazole rings is 2. The van der Waals surface area contributed by atoms with Crippen LogP contribution in [0.15, 0.2) is 23.6 Å². The molecule has 0 unspecified atom stereocenters. The third-order valence-electron chi connectivity index (χ3n) is 3.31. The molecule has 0 fully saturated rings. The highest BCUT2D eigenvalue weighted by atomic mass is 32.1. The van der Waals surface area contributed by atoms with Gasteiger partial charge in [0, 0.05) is 18.0 Å². The Bertz CT molecular complexity index is 919. The van der Waals surface area contributed by atoms with Crippen molar-refractivity contribution in [3.05, 3.63) is 29.3 Å². The molecule has 25 heavy (non-hydrogen) atoms. The fraction of sp³-hybridized carbons (Fsp3) is 0.188. The number of hydrogen-bond acceptors (Lipinski definition) is 8. The molecule has 130 valence electrons. The van der Waals surface area contributed by atoms with Crippen molar-refractivity contribution < 1.29 is 9.53 Å². The van der Waals surface area contributed by atoms with Gasteiger partial charge in [0.15, 0.2) is 10.3 Å². The second-order valence-electron chi connectivity index (χ2n) is 5.23. The third kappa shape index (κ3) is 3.89. The standard InChI is InChI=1S/C16H17N5O2S2/c1-8-14(25-15(17)18-8)12-7-24-16(21-12)20-11-6-10(19-9(2)22)4-5-13(11)23-3/h4-7H,1-3H3,(H2,17,18)(H,19,22)(H,20,21). The molecule has 0 saturated carbocycles. The summed E-state index contributed by atoms with van der Waals surface area (Å²) in [6.45, 7) is 3.38. The van der Waals surface area contributed by atoms with Crippen LogP contribution in [0.25, 0.3) is 10.6 Å². The van der Waals surface area contributed by atoms with Crippen LogP contribution in [0.4, 0.5) is 21.6 Å². The van der Waals surface area contributed by atoms with Gasteiger partial charge in [-0.1, -0.05) is 11.3 Å². The van der Waals surface area contributed by atoms with Gasteiger partial charge in [0.05, 0.1) is 29.1 Å². The van der Waals surface area contributed by atoms with E-state index in [9.17, 15) is 4.79 Å². The topological polar surface area (TPSA) is 102 Å². The van der Waals surface area contributed by atoms with Gasteiger partial charge in [0.1, 0.15) is 5.75 Å². The van der Waals surface area contributed by atoms with E-state index in [1.165, 1.54) is 29.6 Å². The van der Waals surface area contributed by atoms with Crippen LogP contribution in [-0.4, -0.2) is 23.0 Å². The summed E-state index contributed by atoms with van der Waals surface area (Å²) in [5.41, 5.74) is 8.85. The molecule has 9 heteroatoms. The lowest BCUT2D eigenvalue weighted by Crippen LogP contribution is -2.06. The summed E-state index contributed by atoms with van der Waals surface area (Å²) in [5.74, 6) is 0.523. The van der Waals surface area contributed by atoms with Crippen molar-refractivity contribution in [2.45, 2.75) is 13.8 Å². The summed E-state index contributed by atoms with van der Waals surface area (Å²) in [7, 11) is 1.59. The Kier molecular flexibility index (Phi) is 4.86. The van der Waals surface area contributed by atoms with Crippen LogP contribution in [0, 0.1) is 6.92 Å². The number of nitrogens with one attached hydrogen (secondary N) is 2. The fourth-order valence-electron chi connectivity index (χ4n) is 2.29. The van der Waals surface area contributed by atoms with E-state index < -0.39 is 0 Å². The van der Waals surface area contributed by atoms with E-state index in [0.717, 1.165) is 22.0 Å². The van der Waals surface area contributed by atoms with Crippen LogP contribution < -0.4 is 21.1 Å². The first kappa shape index (κ1) is 17.2. The molecular formula is C16H17N5O2S2. The highest BCUT2D eigenvalue weighted by Gasteiger charge is 2.13. The maximum atomic E-state index is 11.2. The maximum absolute atomic E-state index is 11.2. The Morgan fingerprint density at radius 2 is 2.12 bits per heavy atom. The van der Waals surface area contributed by atoms with Gasteiger partial charge in [-0.2, -0.15) is 0 Å². The molecule has 0 aliphatic heterocycles. The summed E-state index contributed by atoms with van der Waals surface area (Å²) >= 11 is 2.88. The number of aromatic nitrogens is 2. The van der Waals surface area contributed by atoms with E-state index in [2.05, 4.69) is 20.6 Å². The molecule has 1 amide bonds. The summed E-state index contributed by atoms with van der Waals surface area (Å²) in [6.07, 6.45) is 0. The van der Waals surface area contributed by atoms with Crippen molar-refractivity contribution in [2.75, 3.05) is 23.5 Å². The molecule has 0 aliphatic carbocycles. The van der Waals surface area contributed by atoms with Gasteiger partial charge in [0.2, 0.25) is 5.91 Å². The van der Waals surface area contributed by atoms with Crippen LogP contribution in [0.2, 0.25) is 0 Å². The van der Waals surface area contributed by atoms with Crippen molar-refractivity contribution >= 4 is 50.2 Å². The van der Waals surface area contributed by atoms with Crippen LogP contribution in [0.3, 0.4) is 0 Å². The number of nitrogens with two attached hydrogens (primary N) is 1. The van der Waals surface area contributed by atoms with Gasteiger partial charge >= 0.3 is 0 Å². The van der Waals surface area contributed by atoms with Crippen molar-refractivity contribution in [2.24, 2.45) is 0 Å². The Balaban J connectivity index is 1.87. The molecule has 3 rings (SSSR count). The average molecular weight is 375 g/mol. The quantitative estimate of drug-likeness (QED) is 0.626. The van der Waals surface area contributed by atoms with E-state index in [4.69, 9.17) is 10.5 Å². The van der Waals surface area contributed by atoms with Gasteiger partial charge in [0.25, 0.3) is 0 Å². The molecule has 0 radical (unpaired) electrons. The number of amides is 1. The van der Waals surface area contributed by atoms with E-state index in [1.54, 1.807) is 25.3 Å². The zero-order valence-corrected chi connectivity index (χ0v) is 15.5. The minimum Gasteiger partial charge on any atom is -0.495 e. The number of benzene rings is 1. The number of hydrogen-bond donors (Lipinski definition) is 3. The van der Waals surface area contributed by atoms with Crippen molar-refractivity contribution in [1.82, 2.24) is 9.97 Å². The molecule has 0 saturated heterocycles. The number of aryl methyl sites for hydroxylation is 1. The molecule has 0 bridgehead atoms. The summed E-state index contributed by atoms with van der Waals surface area (Å²) in [4.78, 5) is 21.0. The number of nitrogens with zero attached hydrogens (tertiary/aromatic N) is 2. The molecule has 1 aromatic carbocycles. The van der Waals surface area contributed by atoms with Gasteiger partial charge in [-0.05, 0) is 25.1 Å². The molecule has 2 heterocycles. The van der Waals surface area contributed by atoms with Crippen molar-refractivity contribution in [1.29, 1.82) is 0 Å². The molecular weight excluding hydrogens is 358 g/mol. The van der Waals surface area contributed by atoms with Crippen molar-refractivity contribution in [3.8, 4) is 16.3 Å². The first-order valence-corrected chi connectivity index (χ1v) is 9.07. The highest BCUT2D eigenvalue weighted by Crippen LogP contribution is 2.36. The molecule has 0 spiro atoms. The van der Waals surface area contributed by atoms with Crippen LogP contribution in [0.1, 0.15) is 12.6 Å². The Morgan fingerprint density at radius 3 is 2.76 bits per heavy atom. The molecule has 0 atom stereocenters. The average Bonchev–Trinajstić information content (AvgIpc) is 3.13. The minimum absolute atomic E-state index is 0.133. The fourth-order valence-corrected chi connectivity index (χ4v) is 3.87. The normalized spacial score (nSPS) is 10.5. The number of carbonyl (C=O) groups is 1. The highest BCUT2D eigenvalue weighted by molar-refractivity contribution is 7.19. The van der Waals surface area contributed by atoms with E-state index in [0.29, 0.717) is 21.7 Å². The Morgan fingerprint density at radius 1 is 1.32 bits per heavy atom. The first-order chi connectivity index (χ1) is 12.0. The predicted octanol–water partition coefficient (Wildman–Crippen LogP) is 3.87. The van der Waals surface area contributed by atoms with Crippen molar-refractivity contribution in [3.63, 3.8) is 0 Å². The minimum atomic E-state index is -0.133. The number of carbonyl (C=O) groups excluding carboxylic acids is 1. The first-order valence-electron chi connectivity index (χ1n) is 7.37. The molecule has 3 aromatic rings. The van der Waals surface area contributed by atoms with Gasteiger partial charge < -0.3 is 21.1 Å². The molecule has 4 N–H and O–H groups in total. The Labute approximate surface area is 152 Å². The second kappa shape index (κ2) is 7.08. The zero-order valence-electron chi connectivity index (χ0n) is 13.9. The lowest BCUT2D eigenvalue weighted by atomic mass is 10.2. The predicted molar refractivity (Wildman–Crippen MR) is 103 cm³/mol. The number of rotatable bonds is 5. The summed E-state index contributed by atoms with van der Waals surface area (Å²) in [6, 6.07) is 5.37. The summed E-state index contributed by atoms with van der Waals surface area (Å²) in [5, 5.41) is 9.18. The molecule has 2 aromatic heterocycles. The summed E-state index contributed by atoms with van der Waals surface area (Å²) < 4.78 is 5.37. The lowest BCUT2D eigenvalue weighted by molar-refractivity contribution is -0.114. The van der Waals surface area contributed by atoms with E-state index in [1.807, 2.05) is 12.3 Å². The zero-order chi connectivity index (χ0) is 18.0. The van der Waals surface area contributed by atoms with Gasteiger partial charge in [-0.3, -0.25) is 4.79 Å². The molecule has 7 nitrogen and oxygen atoms in total. The van der Waals surface area contributed by atoms with Crippen LogP contribution in [-0.2, 0) is 4.79 Å². The van der Waals surface area contributed by atoms with Gasteiger partial charge in [-0.25, -0.2) is 9.97 Å². The Hall–Kier alpha value is -2.65. The molecule has 0 aliphatic rings. The van der Waals surface area contributed by atoms with Crippen LogP contribution in [0.5, 0.6) is 5.75 Å². The largest absolute Gasteiger partial charge is 0.495 e. The van der Waals surface area contributed by atoms with Gasteiger partial charge in [-0.15, -0.1) is 11.3 Å². The lowest BCUT2D eigenvalue weighted by Gasteiger charge is -2.11. The number of anilines is 4. The SMILES string of the molecule is COc1ccc(NC(C)=O)cc1Nc1nc(-c2sc(N)nc2C)cs1. The van der Waals surface area contributed by atoms with E-state index >= 15 is 0 Å². The smallest absolute Gasteiger partial charge is 0.221 e. The monoisotopic (exact) mass is 375 g/mol. The van der Waals surface area contributed by atoms with E-state index in [-0.39, 0.29) is 5.91 Å². The number of methoxy groups -OCH3 is 1. The second-order valence-corrected chi connectivity index (χ2v) is 7.11. The number of ether oxygens (including phenoxy) is 1. The van der Waals surface area contributed by atoms with Crippen LogP contribution >= 0.6 is 22.7 Å².